The van der Waals surface area contributed by atoms with Crippen molar-refractivity contribution in [3.8, 4) is 0 Å². The molecule has 21 heavy (non-hydrogen) atoms. The lowest BCUT2D eigenvalue weighted by molar-refractivity contribution is 0.633. The smallest absolute Gasteiger partial charge is 0.0712 e. The molecule has 0 aliphatic rings. The van der Waals surface area contributed by atoms with E-state index in [2.05, 4.69) is 55.5 Å². The van der Waals surface area contributed by atoms with Crippen molar-refractivity contribution >= 4 is 21.8 Å². The Bertz CT molecular complexity index is 730. The molecule has 0 spiro atoms. The summed E-state index contributed by atoms with van der Waals surface area (Å²) in [4.78, 5) is 4.80. The minimum Gasteiger partial charge on any atom is -0.248 e. The molecule has 2 aromatic carbocycles. The molecular formula is C20H23N. The van der Waals surface area contributed by atoms with Gasteiger partial charge in [-0.15, -0.1) is 0 Å². The summed E-state index contributed by atoms with van der Waals surface area (Å²) in [5.41, 5.74) is 3.66. The molecule has 3 rings (SSSR count). The van der Waals surface area contributed by atoms with Gasteiger partial charge in [0, 0.05) is 10.8 Å². The van der Waals surface area contributed by atoms with Gasteiger partial charge in [0.15, 0.2) is 0 Å². The summed E-state index contributed by atoms with van der Waals surface area (Å²) >= 11 is 0. The number of hydrogen-bond acceptors (Lipinski definition) is 1. The molecule has 0 atom stereocenters. The quantitative estimate of drug-likeness (QED) is 0.403. The predicted octanol–water partition coefficient (Wildman–Crippen LogP) is 5.90. The fraction of sp³-hybridized carbons (Fsp3) is 0.350. The third kappa shape index (κ3) is 3.24. The second-order valence-electron chi connectivity index (χ2n) is 5.83. The molecule has 108 valence electrons. The molecule has 0 aliphatic carbocycles. The second-order valence-corrected chi connectivity index (χ2v) is 5.83. The first-order valence-corrected chi connectivity index (χ1v) is 8.16. The van der Waals surface area contributed by atoms with Gasteiger partial charge in [0.2, 0.25) is 0 Å². The van der Waals surface area contributed by atoms with Crippen LogP contribution in [-0.2, 0) is 6.42 Å². The molecule has 1 heterocycles. The van der Waals surface area contributed by atoms with Gasteiger partial charge in [-0.1, -0.05) is 62.9 Å². The lowest BCUT2D eigenvalue weighted by Gasteiger charge is -2.08. The molecule has 0 saturated carbocycles. The van der Waals surface area contributed by atoms with Gasteiger partial charge in [-0.3, -0.25) is 0 Å². The predicted molar refractivity (Wildman–Crippen MR) is 91.7 cm³/mol. The Morgan fingerprint density at radius 2 is 1.62 bits per heavy atom. The molecule has 0 aliphatic heterocycles. The van der Waals surface area contributed by atoms with Crippen LogP contribution in [-0.4, -0.2) is 4.98 Å². The van der Waals surface area contributed by atoms with Crippen molar-refractivity contribution in [3.05, 3.63) is 54.1 Å². The molecule has 0 unspecified atom stereocenters. The molecule has 0 fully saturated rings. The summed E-state index contributed by atoms with van der Waals surface area (Å²) in [7, 11) is 0. The van der Waals surface area contributed by atoms with Crippen LogP contribution in [0.1, 0.15) is 44.6 Å². The molecule has 0 radical (unpaired) electrons. The van der Waals surface area contributed by atoms with Gasteiger partial charge in [0.05, 0.1) is 11.0 Å². The van der Waals surface area contributed by atoms with E-state index in [1.165, 1.54) is 54.9 Å². The molecule has 3 aromatic rings. The number of benzene rings is 2. The average molecular weight is 277 g/mol. The van der Waals surface area contributed by atoms with Crippen molar-refractivity contribution in [2.45, 2.75) is 45.4 Å². The molecule has 0 saturated heterocycles. The maximum atomic E-state index is 4.80. The summed E-state index contributed by atoms with van der Waals surface area (Å²) in [6.07, 6.45) is 7.83. The van der Waals surface area contributed by atoms with Crippen LogP contribution in [0.15, 0.2) is 48.5 Å². The van der Waals surface area contributed by atoms with Gasteiger partial charge < -0.3 is 0 Å². The van der Waals surface area contributed by atoms with E-state index in [4.69, 9.17) is 4.98 Å². The molecule has 0 bridgehead atoms. The fourth-order valence-corrected chi connectivity index (χ4v) is 3.00. The van der Waals surface area contributed by atoms with Crippen LogP contribution in [0.3, 0.4) is 0 Å². The van der Waals surface area contributed by atoms with Gasteiger partial charge in [-0.2, -0.15) is 0 Å². The summed E-state index contributed by atoms with van der Waals surface area (Å²) in [5, 5.41) is 2.56. The zero-order valence-corrected chi connectivity index (χ0v) is 12.8. The molecule has 1 aromatic heterocycles. The van der Waals surface area contributed by atoms with Crippen LogP contribution in [0.2, 0.25) is 0 Å². The highest BCUT2D eigenvalue weighted by Crippen LogP contribution is 2.24. The summed E-state index contributed by atoms with van der Waals surface area (Å²) in [6, 6.07) is 17.2. The van der Waals surface area contributed by atoms with Gasteiger partial charge >= 0.3 is 0 Å². The number of fused-ring (bicyclic) bond motifs is 2. The Morgan fingerprint density at radius 3 is 2.52 bits per heavy atom. The van der Waals surface area contributed by atoms with Crippen LogP contribution in [0.25, 0.3) is 21.8 Å². The summed E-state index contributed by atoms with van der Waals surface area (Å²) in [5.74, 6) is 0. The molecule has 1 nitrogen and oxygen atoms in total. The Hall–Kier alpha value is -1.89. The highest BCUT2D eigenvalue weighted by atomic mass is 14.7. The number of unbranched alkanes of at least 4 members (excludes halogenated alkanes) is 4. The van der Waals surface area contributed by atoms with E-state index in [1.54, 1.807) is 0 Å². The minimum atomic E-state index is 1.09. The van der Waals surface area contributed by atoms with Crippen LogP contribution in [0.4, 0.5) is 0 Å². The number of pyridine rings is 1. The lowest BCUT2D eigenvalue weighted by atomic mass is 10.00. The van der Waals surface area contributed by atoms with Gasteiger partial charge in [0.25, 0.3) is 0 Å². The maximum absolute atomic E-state index is 4.80. The van der Waals surface area contributed by atoms with Crippen molar-refractivity contribution < 1.29 is 0 Å². The lowest BCUT2D eigenvalue weighted by Crippen LogP contribution is -1.90. The first kappa shape index (κ1) is 14.1. The standard InChI is InChI=1S/C20H23N/c1-2-3-4-5-6-10-16-12-9-14-20-18(16)15-17-11-7-8-13-19(17)21-20/h7-9,11-15H,2-6,10H2,1H3. The van der Waals surface area contributed by atoms with Crippen molar-refractivity contribution in [1.29, 1.82) is 0 Å². The monoisotopic (exact) mass is 277 g/mol. The van der Waals surface area contributed by atoms with Gasteiger partial charge in [-0.05, 0) is 36.6 Å². The molecule has 0 amide bonds. The Labute approximate surface area is 127 Å². The van der Waals surface area contributed by atoms with Gasteiger partial charge in [0.1, 0.15) is 0 Å². The van der Waals surface area contributed by atoms with E-state index in [9.17, 15) is 0 Å². The van der Waals surface area contributed by atoms with E-state index in [0.717, 1.165) is 11.0 Å². The normalized spacial score (nSPS) is 11.3. The number of aromatic nitrogens is 1. The van der Waals surface area contributed by atoms with Crippen molar-refractivity contribution in [2.75, 3.05) is 0 Å². The summed E-state index contributed by atoms with van der Waals surface area (Å²) < 4.78 is 0. The van der Waals surface area contributed by atoms with E-state index >= 15 is 0 Å². The SMILES string of the molecule is CCCCCCCc1cccc2nc3ccccc3cc12. The van der Waals surface area contributed by atoms with E-state index in [0.29, 0.717) is 0 Å². The second kappa shape index (κ2) is 6.71. The summed E-state index contributed by atoms with van der Waals surface area (Å²) in [6.45, 7) is 2.27. The zero-order chi connectivity index (χ0) is 14.5. The largest absolute Gasteiger partial charge is 0.248 e. The Balaban J connectivity index is 1.86. The zero-order valence-electron chi connectivity index (χ0n) is 12.8. The van der Waals surface area contributed by atoms with E-state index in [1.807, 2.05) is 0 Å². The Morgan fingerprint density at radius 1 is 0.810 bits per heavy atom. The maximum Gasteiger partial charge on any atom is 0.0712 e. The van der Waals surface area contributed by atoms with Crippen LogP contribution < -0.4 is 0 Å². The first-order valence-electron chi connectivity index (χ1n) is 8.16. The highest BCUT2D eigenvalue weighted by Gasteiger charge is 2.04. The van der Waals surface area contributed by atoms with Crippen molar-refractivity contribution in [1.82, 2.24) is 4.98 Å². The van der Waals surface area contributed by atoms with Gasteiger partial charge in [-0.25, -0.2) is 4.98 Å². The molecule has 1 heteroatoms. The first-order chi connectivity index (χ1) is 10.4. The van der Waals surface area contributed by atoms with E-state index in [-0.39, 0.29) is 0 Å². The third-order valence-electron chi connectivity index (χ3n) is 4.20. The number of para-hydroxylation sites is 1. The topological polar surface area (TPSA) is 12.9 Å². The number of rotatable bonds is 6. The third-order valence-corrected chi connectivity index (χ3v) is 4.20. The van der Waals surface area contributed by atoms with Crippen molar-refractivity contribution in [3.63, 3.8) is 0 Å². The highest BCUT2D eigenvalue weighted by molar-refractivity contribution is 5.94. The Kier molecular flexibility index (Phi) is 4.49. The van der Waals surface area contributed by atoms with Crippen LogP contribution in [0.5, 0.6) is 0 Å². The fourth-order valence-electron chi connectivity index (χ4n) is 3.00. The van der Waals surface area contributed by atoms with E-state index < -0.39 is 0 Å². The average Bonchev–Trinajstić information content (AvgIpc) is 2.53. The van der Waals surface area contributed by atoms with Crippen LogP contribution >= 0.6 is 0 Å². The van der Waals surface area contributed by atoms with Crippen molar-refractivity contribution in [2.24, 2.45) is 0 Å². The molecule has 0 N–H and O–H groups in total. The molecular weight excluding hydrogens is 254 g/mol. The number of nitrogens with zero attached hydrogens (tertiary/aromatic N) is 1. The number of hydrogen-bond donors (Lipinski definition) is 0. The minimum absolute atomic E-state index is 1.09. The van der Waals surface area contributed by atoms with Crippen LogP contribution in [0, 0.1) is 0 Å². The number of aryl methyl sites for hydroxylation is 1.